The molecule has 1 N–H and O–H groups in total. The molecule has 2 aromatic rings. The molecule has 0 aliphatic heterocycles. The highest BCUT2D eigenvalue weighted by Crippen LogP contribution is 2.35. The van der Waals surface area contributed by atoms with Crippen molar-refractivity contribution >= 4 is 17.3 Å². The van der Waals surface area contributed by atoms with Crippen LogP contribution in [0.1, 0.15) is 21.5 Å². The minimum absolute atomic E-state index is 0.117. The summed E-state index contributed by atoms with van der Waals surface area (Å²) in [5.74, 6) is -0.211. The number of nitrogens with one attached hydrogen (secondary N) is 1. The Balaban J connectivity index is 2.36. The first kappa shape index (κ1) is 20.2. The fourth-order valence-corrected chi connectivity index (χ4v) is 2.41. The number of anilines is 1. The van der Waals surface area contributed by atoms with Gasteiger partial charge in [0.05, 0.1) is 24.7 Å². The number of hydrogen-bond acceptors (Lipinski definition) is 6. The highest BCUT2D eigenvalue weighted by molar-refractivity contribution is 6.07. The van der Waals surface area contributed by atoms with Gasteiger partial charge in [-0.3, -0.25) is 14.9 Å². The van der Waals surface area contributed by atoms with E-state index >= 15 is 0 Å². The molecule has 0 aliphatic rings. The first-order valence-electron chi connectivity index (χ1n) is 8.24. The molecule has 8 nitrogen and oxygen atoms in total. The minimum atomic E-state index is -0.627. The van der Waals surface area contributed by atoms with E-state index in [4.69, 9.17) is 14.2 Å². The van der Waals surface area contributed by atoms with Crippen molar-refractivity contribution in [3.63, 3.8) is 0 Å². The summed E-state index contributed by atoms with van der Waals surface area (Å²) in [6.07, 6.45) is 0. The number of rotatable bonds is 8. The fourth-order valence-electron chi connectivity index (χ4n) is 2.41. The lowest BCUT2D eigenvalue weighted by atomic mass is 10.1. The van der Waals surface area contributed by atoms with Gasteiger partial charge < -0.3 is 19.5 Å². The summed E-state index contributed by atoms with van der Waals surface area (Å²) in [4.78, 5) is 23.5. The summed E-state index contributed by atoms with van der Waals surface area (Å²) in [5.41, 5.74) is 2.15. The van der Waals surface area contributed by atoms with Gasteiger partial charge >= 0.3 is 0 Å². The Morgan fingerprint density at radius 2 is 1.81 bits per heavy atom. The number of carbonyl (C=O) groups is 1. The maximum Gasteiger partial charge on any atom is 0.286 e. The molecule has 1 amide bonds. The predicted octanol–water partition coefficient (Wildman–Crippen LogP) is 3.50. The minimum Gasteiger partial charge on any atom is -0.493 e. The van der Waals surface area contributed by atoms with Gasteiger partial charge in [0.2, 0.25) is 0 Å². The van der Waals surface area contributed by atoms with Gasteiger partial charge in [0, 0.05) is 18.9 Å². The van der Waals surface area contributed by atoms with Crippen LogP contribution in [0.5, 0.6) is 11.5 Å². The maximum absolute atomic E-state index is 12.6. The van der Waals surface area contributed by atoms with Crippen LogP contribution in [-0.2, 0) is 4.74 Å². The van der Waals surface area contributed by atoms with Crippen LogP contribution < -0.4 is 14.8 Å². The summed E-state index contributed by atoms with van der Waals surface area (Å²) in [6.45, 7) is 4.38. The molecular formula is C19H22N2O6. The summed E-state index contributed by atoms with van der Waals surface area (Å²) >= 11 is 0. The zero-order valence-electron chi connectivity index (χ0n) is 15.7. The van der Waals surface area contributed by atoms with E-state index in [9.17, 15) is 14.9 Å². The second kappa shape index (κ2) is 9.00. The lowest BCUT2D eigenvalue weighted by Gasteiger charge is -2.13. The molecule has 0 saturated carbocycles. The van der Waals surface area contributed by atoms with E-state index in [1.165, 1.54) is 26.4 Å². The standard InChI is InChI=1S/C19H22N2O6/c1-12-5-6-14(9-13(12)2)20-19(22)15-10-17(26-4)18(27-8-7-25-3)11-16(15)21(23)24/h5-6,9-11H,7-8H2,1-4H3,(H,20,22). The van der Waals surface area contributed by atoms with Crippen molar-refractivity contribution in [2.45, 2.75) is 13.8 Å². The van der Waals surface area contributed by atoms with E-state index in [1.54, 1.807) is 12.1 Å². The molecule has 0 radical (unpaired) electrons. The number of nitro groups is 1. The van der Waals surface area contributed by atoms with E-state index in [-0.39, 0.29) is 29.4 Å². The molecule has 0 atom stereocenters. The number of aryl methyl sites for hydroxylation is 2. The van der Waals surface area contributed by atoms with Crippen molar-refractivity contribution < 1.29 is 23.9 Å². The zero-order valence-corrected chi connectivity index (χ0v) is 15.7. The third-order valence-corrected chi connectivity index (χ3v) is 4.03. The summed E-state index contributed by atoms with van der Waals surface area (Å²) in [7, 11) is 2.92. The molecule has 0 saturated heterocycles. The van der Waals surface area contributed by atoms with Crippen LogP contribution in [0.4, 0.5) is 11.4 Å². The number of benzene rings is 2. The molecule has 2 rings (SSSR count). The highest BCUT2D eigenvalue weighted by atomic mass is 16.6. The molecular weight excluding hydrogens is 352 g/mol. The molecule has 0 unspecified atom stereocenters. The van der Waals surface area contributed by atoms with Crippen molar-refractivity contribution in [2.75, 3.05) is 32.8 Å². The van der Waals surface area contributed by atoms with E-state index in [0.29, 0.717) is 12.3 Å². The molecule has 0 aliphatic carbocycles. The van der Waals surface area contributed by atoms with Crippen LogP contribution in [0.15, 0.2) is 30.3 Å². The largest absolute Gasteiger partial charge is 0.493 e. The van der Waals surface area contributed by atoms with E-state index < -0.39 is 10.8 Å². The Morgan fingerprint density at radius 1 is 1.07 bits per heavy atom. The van der Waals surface area contributed by atoms with Crippen molar-refractivity contribution in [1.29, 1.82) is 0 Å². The highest BCUT2D eigenvalue weighted by Gasteiger charge is 2.25. The Bertz CT molecular complexity index is 850. The Labute approximate surface area is 157 Å². The lowest BCUT2D eigenvalue weighted by molar-refractivity contribution is -0.385. The fraction of sp³-hybridized carbons (Fsp3) is 0.316. The summed E-state index contributed by atoms with van der Waals surface area (Å²) in [6, 6.07) is 7.90. The third kappa shape index (κ3) is 4.95. The molecule has 8 heteroatoms. The molecule has 0 spiro atoms. The summed E-state index contributed by atoms with van der Waals surface area (Å²) in [5, 5.41) is 14.1. The number of ether oxygens (including phenoxy) is 3. The van der Waals surface area contributed by atoms with E-state index in [1.807, 2.05) is 19.9 Å². The van der Waals surface area contributed by atoms with E-state index in [2.05, 4.69) is 5.32 Å². The van der Waals surface area contributed by atoms with Crippen LogP contribution in [-0.4, -0.2) is 38.3 Å². The van der Waals surface area contributed by atoms with Crippen LogP contribution in [0.25, 0.3) is 0 Å². The Hall–Kier alpha value is -3.13. The maximum atomic E-state index is 12.6. The molecule has 0 aromatic heterocycles. The monoisotopic (exact) mass is 374 g/mol. The number of nitrogens with zero attached hydrogens (tertiary/aromatic N) is 1. The van der Waals surface area contributed by atoms with Crippen LogP contribution in [0.2, 0.25) is 0 Å². The van der Waals surface area contributed by atoms with Crippen molar-refractivity contribution in [3.05, 3.63) is 57.1 Å². The van der Waals surface area contributed by atoms with Crippen LogP contribution >= 0.6 is 0 Å². The molecule has 27 heavy (non-hydrogen) atoms. The molecule has 0 fully saturated rings. The predicted molar refractivity (Wildman–Crippen MR) is 101 cm³/mol. The zero-order chi connectivity index (χ0) is 20.0. The SMILES string of the molecule is COCCOc1cc([N+](=O)[O-])c(C(=O)Nc2ccc(C)c(C)c2)cc1OC. The van der Waals surface area contributed by atoms with Gasteiger partial charge in [-0.05, 0) is 37.1 Å². The van der Waals surface area contributed by atoms with Crippen molar-refractivity contribution in [2.24, 2.45) is 0 Å². The molecule has 0 heterocycles. The molecule has 2 aromatic carbocycles. The van der Waals surface area contributed by atoms with Gasteiger partial charge in [0.15, 0.2) is 11.5 Å². The van der Waals surface area contributed by atoms with Gasteiger partial charge in [-0.25, -0.2) is 0 Å². The summed E-state index contributed by atoms with van der Waals surface area (Å²) < 4.78 is 15.6. The third-order valence-electron chi connectivity index (χ3n) is 4.03. The van der Waals surface area contributed by atoms with Gasteiger partial charge in [-0.1, -0.05) is 6.07 Å². The smallest absolute Gasteiger partial charge is 0.286 e. The van der Waals surface area contributed by atoms with Crippen LogP contribution in [0.3, 0.4) is 0 Å². The van der Waals surface area contributed by atoms with Gasteiger partial charge in [-0.2, -0.15) is 0 Å². The van der Waals surface area contributed by atoms with Crippen LogP contribution in [0, 0.1) is 24.0 Å². The number of methoxy groups -OCH3 is 2. The quantitative estimate of drug-likeness (QED) is 0.431. The average molecular weight is 374 g/mol. The topological polar surface area (TPSA) is 99.9 Å². The Morgan fingerprint density at radius 3 is 2.41 bits per heavy atom. The van der Waals surface area contributed by atoms with Gasteiger partial charge in [0.25, 0.3) is 11.6 Å². The first-order chi connectivity index (χ1) is 12.9. The molecule has 144 valence electrons. The molecule has 0 bridgehead atoms. The number of hydrogen-bond donors (Lipinski definition) is 1. The van der Waals surface area contributed by atoms with Gasteiger partial charge in [0.1, 0.15) is 12.2 Å². The number of amides is 1. The van der Waals surface area contributed by atoms with E-state index in [0.717, 1.165) is 11.1 Å². The Kier molecular flexibility index (Phi) is 6.73. The van der Waals surface area contributed by atoms with Crippen molar-refractivity contribution in [3.8, 4) is 11.5 Å². The first-order valence-corrected chi connectivity index (χ1v) is 8.24. The van der Waals surface area contributed by atoms with Crippen molar-refractivity contribution in [1.82, 2.24) is 0 Å². The average Bonchev–Trinajstić information content (AvgIpc) is 2.64. The number of nitro benzene ring substituents is 1. The normalized spacial score (nSPS) is 10.4. The second-order valence-electron chi connectivity index (χ2n) is 5.87. The lowest BCUT2D eigenvalue weighted by Crippen LogP contribution is -2.15. The van der Waals surface area contributed by atoms with Gasteiger partial charge in [-0.15, -0.1) is 0 Å². The second-order valence-corrected chi connectivity index (χ2v) is 5.87. The number of carbonyl (C=O) groups excluding carboxylic acids is 1.